The maximum absolute atomic E-state index is 11.8. The van der Waals surface area contributed by atoms with E-state index in [1.807, 2.05) is 18.5 Å². The lowest BCUT2D eigenvalue weighted by Gasteiger charge is -2.19. The molecular weight excluding hydrogens is 333 g/mol. The number of carbonyl (C=O) groups is 2. The normalized spacial score (nSPS) is 19.2. The van der Waals surface area contributed by atoms with E-state index in [0.717, 1.165) is 31.0 Å². The Morgan fingerprint density at radius 2 is 2.08 bits per heavy atom. The van der Waals surface area contributed by atoms with Crippen LogP contribution in [0.2, 0.25) is 0 Å². The number of alkyl halides is 3. The van der Waals surface area contributed by atoms with Gasteiger partial charge < -0.3 is 15.2 Å². The van der Waals surface area contributed by atoms with E-state index < -0.39 is 17.7 Å². The van der Waals surface area contributed by atoms with Crippen LogP contribution in [0.5, 0.6) is 0 Å². The van der Waals surface area contributed by atoms with Gasteiger partial charge >= 0.3 is 18.2 Å². The second kappa shape index (κ2) is 6.30. The minimum atomic E-state index is -5.08. The van der Waals surface area contributed by atoms with Crippen LogP contribution < -0.4 is 10.2 Å². The quantitative estimate of drug-likeness (QED) is 0.794. The zero-order valence-corrected chi connectivity index (χ0v) is 13.1. The Hall–Kier alpha value is -2.30. The molecule has 0 spiro atoms. The summed E-state index contributed by atoms with van der Waals surface area (Å²) in [5.41, 5.74) is 1.51. The van der Waals surface area contributed by atoms with E-state index in [-0.39, 0.29) is 6.09 Å². The number of nitrogens with one attached hydrogen (secondary N) is 1. The van der Waals surface area contributed by atoms with Crippen molar-refractivity contribution in [3.8, 4) is 0 Å². The lowest BCUT2D eigenvalue weighted by atomic mass is 10.1. The van der Waals surface area contributed by atoms with Crippen LogP contribution in [0.3, 0.4) is 0 Å². The Morgan fingerprint density at radius 1 is 1.46 bits per heavy atom. The van der Waals surface area contributed by atoms with Gasteiger partial charge in [0.1, 0.15) is 5.60 Å². The van der Waals surface area contributed by atoms with Crippen molar-refractivity contribution in [2.24, 2.45) is 0 Å². The molecule has 0 radical (unpaired) electrons. The molecule has 1 saturated heterocycles. The number of carbonyl (C=O) groups excluding carboxylic acids is 1. The summed E-state index contributed by atoms with van der Waals surface area (Å²) in [7, 11) is 0. The summed E-state index contributed by atoms with van der Waals surface area (Å²) in [5.74, 6) is -2.76. The molecule has 0 atom stereocenters. The molecule has 8 nitrogen and oxygen atoms in total. The number of hydrogen-bond donors (Lipinski definition) is 2. The van der Waals surface area contributed by atoms with Crippen molar-refractivity contribution in [3.05, 3.63) is 11.9 Å². The Morgan fingerprint density at radius 3 is 2.58 bits per heavy atom. The molecule has 0 aliphatic carbocycles. The number of amides is 1. The molecule has 3 rings (SSSR count). The standard InChI is InChI=1S/C11H16N4O2.C2HF3O2/c1-11(2)7-14(10(16)17-11)8-6-13-15-4-3-12-5-9(8)15;3-2(4,5)1(6)7/h6,12H,3-5,7H2,1-2H3;(H,6,7). The van der Waals surface area contributed by atoms with Gasteiger partial charge in [-0.15, -0.1) is 0 Å². The minimum absolute atomic E-state index is 0.281. The first-order valence-electron chi connectivity index (χ1n) is 7.07. The third-order valence-corrected chi connectivity index (χ3v) is 3.38. The van der Waals surface area contributed by atoms with Gasteiger partial charge in [0.15, 0.2) is 0 Å². The van der Waals surface area contributed by atoms with E-state index in [1.54, 1.807) is 11.1 Å². The highest BCUT2D eigenvalue weighted by Gasteiger charge is 2.40. The number of aromatic nitrogens is 2. The fourth-order valence-corrected chi connectivity index (χ4v) is 2.35. The van der Waals surface area contributed by atoms with Crippen LogP contribution in [-0.2, 0) is 22.6 Å². The Bertz CT molecular complexity index is 642. The predicted molar refractivity (Wildman–Crippen MR) is 75.5 cm³/mol. The number of fused-ring (bicyclic) bond motifs is 1. The maximum Gasteiger partial charge on any atom is 0.490 e. The molecule has 1 amide bonds. The zero-order chi connectivity index (χ0) is 18.1. The highest BCUT2D eigenvalue weighted by molar-refractivity contribution is 5.90. The second-order valence-corrected chi connectivity index (χ2v) is 5.89. The lowest BCUT2D eigenvalue weighted by Crippen LogP contribution is -2.32. The van der Waals surface area contributed by atoms with Crippen molar-refractivity contribution >= 4 is 17.7 Å². The molecule has 0 aromatic carbocycles. The molecule has 2 aliphatic heterocycles. The number of aliphatic carboxylic acids is 1. The largest absolute Gasteiger partial charge is 0.490 e. The van der Waals surface area contributed by atoms with E-state index in [0.29, 0.717) is 6.54 Å². The maximum atomic E-state index is 11.8. The van der Waals surface area contributed by atoms with Crippen LogP contribution in [0.15, 0.2) is 6.20 Å². The van der Waals surface area contributed by atoms with Gasteiger partial charge in [0.25, 0.3) is 0 Å². The van der Waals surface area contributed by atoms with Crippen molar-refractivity contribution in [2.75, 3.05) is 18.0 Å². The first-order chi connectivity index (χ1) is 11.0. The van der Waals surface area contributed by atoms with Gasteiger partial charge in [-0.1, -0.05) is 0 Å². The third kappa shape index (κ3) is 3.96. The van der Waals surface area contributed by atoms with E-state index in [4.69, 9.17) is 14.6 Å². The molecule has 2 aliphatic rings. The first-order valence-corrected chi connectivity index (χ1v) is 7.07. The third-order valence-electron chi connectivity index (χ3n) is 3.38. The van der Waals surface area contributed by atoms with Gasteiger partial charge in [-0.3, -0.25) is 9.58 Å². The number of cyclic esters (lactones) is 1. The molecule has 1 aromatic heterocycles. The van der Waals surface area contributed by atoms with Gasteiger partial charge in [-0.05, 0) is 13.8 Å². The summed E-state index contributed by atoms with van der Waals surface area (Å²) in [4.78, 5) is 22.4. The van der Waals surface area contributed by atoms with Crippen molar-refractivity contribution in [3.63, 3.8) is 0 Å². The van der Waals surface area contributed by atoms with Crippen LogP contribution in [0.4, 0.5) is 23.7 Å². The van der Waals surface area contributed by atoms with Gasteiger partial charge in [-0.25, -0.2) is 9.59 Å². The molecule has 24 heavy (non-hydrogen) atoms. The lowest BCUT2D eigenvalue weighted by molar-refractivity contribution is -0.192. The second-order valence-electron chi connectivity index (χ2n) is 5.89. The summed E-state index contributed by atoms with van der Waals surface area (Å²) in [6.07, 6.45) is -3.61. The predicted octanol–water partition coefficient (Wildman–Crippen LogP) is 1.35. The molecule has 0 saturated carbocycles. The summed E-state index contributed by atoms with van der Waals surface area (Å²) < 4.78 is 39.0. The van der Waals surface area contributed by atoms with Crippen molar-refractivity contribution in [1.29, 1.82) is 0 Å². The number of nitrogens with zero attached hydrogens (tertiary/aromatic N) is 3. The molecule has 0 bridgehead atoms. The van der Waals surface area contributed by atoms with Gasteiger partial charge in [0.2, 0.25) is 0 Å². The summed E-state index contributed by atoms with van der Waals surface area (Å²) in [6.45, 7) is 6.92. The van der Waals surface area contributed by atoms with Crippen molar-refractivity contribution in [1.82, 2.24) is 15.1 Å². The highest BCUT2D eigenvalue weighted by atomic mass is 19.4. The van der Waals surface area contributed by atoms with Crippen LogP contribution in [-0.4, -0.2) is 51.8 Å². The Labute approximate surface area is 135 Å². The SMILES string of the molecule is CC1(C)CN(c2cnn3c2CNCC3)C(=O)O1.O=C(O)C(F)(F)F. The smallest absolute Gasteiger partial charge is 0.475 e. The van der Waals surface area contributed by atoms with Gasteiger partial charge in [-0.2, -0.15) is 18.3 Å². The van der Waals surface area contributed by atoms with Crippen molar-refractivity contribution < 1.29 is 32.6 Å². The van der Waals surface area contributed by atoms with E-state index in [9.17, 15) is 18.0 Å². The summed E-state index contributed by atoms with van der Waals surface area (Å²) >= 11 is 0. The average Bonchev–Trinajstić information content (AvgIpc) is 2.98. The molecule has 1 aromatic rings. The van der Waals surface area contributed by atoms with E-state index >= 15 is 0 Å². The number of carboxylic acid groups (broad SMARTS) is 1. The van der Waals surface area contributed by atoms with Crippen LogP contribution in [0.1, 0.15) is 19.5 Å². The van der Waals surface area contributed by atoms with Gasteiger partial charge in [0.05, 0.1) is 30.7 Å². The summed E-state index contributed by atoms with van der Waals surface area (Å²) in [5, 5.41) is 14.7. The van der Waals surface area contributed by atoms with E-state index in [1.165, 1.54) is 0 Å². The van der Waals surface area contributed by atoms with Crippen molar-refractivity contribution in [2.45, 2.75) is 38.7 Å². The van der Waals surface area contributed by atoms with Crippen LogP contribution >= 0.6 is 0 Å². The fourth-order valence-electron chi connectivity index (χ4n) is 2.35. The van der Waals surface area contributed by atoms with Crippen LogP contribution in [0, 0.1) is 0 Å². The highest BCUT2D eigenvalue weighted by Crippen LogP contribution is 2.30. The average molecular weight is 350 g/mol. The minimum Gasteiger partial charge on any atom is -0.475 e. The molecule has 11 heteroatoms. The Kier molecular flexibility index (Phi) is 4.74. The van der Waals surface area contributed by atoms with Crippen LogP contribution in [0.25, 0.3) is 0 Å². The number of anilines is 1. The fraction of sp³-hybridized carbons (Fsp3) is 0.615. The molecule has 2 N–H and O–H groups in total. The topological polar surface area (TPSA) is 96.7 Å². The number of halogens is 3. The Balaban J connectivity index is 0.000000256. The molecule has 134 valence electrons. The first kappa shape index (κ1) is 18.0. The molecule has 1 fully saturated rings. The summed E-state index contributed by atoms with van der Waals surface area (Å²) in [6, 6.07) is 0. The molecule has 3 heterocycles. The van der Waals surface area contributed by atoms with E-state index in [2.05, 4.69) is 10.4 Å². The number of carboxylic acids is 1. The van der Waals surface area contributed by atoms with Gasteiger partial charge in [0, 0.05) is 13.1 Å². The molecular formula is C13H17F3N4O4. The number of ether oxygens (including phenoxy) is 1. The molecule has 0 unspecified atom stereocenters. The number of rotatable bonds is 1. The monoisotopic (exact) mass is 350 g/mol. The number of hydrogen-bond acceptors (Lipinski definition) is 5. The zero-order valence-electron chi connectivity index (χ0n) is 13.1.